The third-order valence-corrected chi connectivity index (χ3v) is 5.10. The Morgan fingerprint density at radius 2 is 1.95 bits per heavy atom. The van der Waals surface area contributed by atoms with E-state index in [0.29, 0.717) is 17.6 Å². The lowest BCUT2D eigenvalue weighted by Crippen LogP contribution is -2.35. The normalized spacial score (nSPS) is 30.0. The molecule has 21 heavy (non-hydrogen) atoms. The first-order valence-electron chi connectivity index (χ1n) is 7.55. The minimum absolute atomic E-state index is 0.0873. The molecule has 2 nitrogen and oxygen atoms in total. The van der Waals surface area contributed by atoms with Crippen LogP contribution in [0.15, 0.2) is 54.6 Å². The topological polar surface area (TPSA) is 26.3 Å². The van der Waals surface area contributed by atoms with Crippen LogP contribution in [-0.2, 0) is 4.79 Å². The Kier molecular flexibility index (Phi) is 2.68. The maximum absolute atomic E-state index is 12.7. The number of benzene rings is 2. The van der Waals surface area contributed by atoms with E-state index in [1.807, 2.05) is 42.5 Å². The average molecular weight is 278 g/mol. The van der Waals surface area contributed by atoms with Crippen molar-refractivity contribution in [2.75, 3.05) is 0 Å². The fourth-order valence-corrected chi connectivity index (χ4v) is 3.83. The SMILES string of the molecule is CC1(C(=O)Oc2cccc3ccccc23)CC2C=CC1C2. The lowest BCUT2D eigenvalue weighted by Gasteiger charge is -2.28. The highest BCUT2D eigenvalue weighted by atomic mass is 16.5. The van der Waals surface area contributed by atoms with Crippen molar-refractivity contribution in [2.45, 2.75) is 19.8 Å². The second kappa shape index (κ2) is 4.45. The van der Waals surface area contributed by atoms with Gasteiger partial charge in [-0.15, -0.1) is 0 Å². The minimum Gasteiger partial charge on any atom is -0.425 e. The average Bonchev–Trinajstić information content (AvgIpc) is 3.08. The van der Waals surface area contributed by atoms with Crippen molar-refractivity contribution in [1.82, 2.24) is 0 Å². The Morgan fingerprint density at radius 3 is 2.71 bits per heavy atom. The fraction of sp³-hybridized carbons (Fsp3) is 0.316. The smallest absolute Gasteiger partial charge is 0.317 e. The predicted molar refractivity (Wildman–Crippen MR) is 83.0 cm³/mol. The summed E-state index contributed by atoms with van der Waals surface area (Å²) < 4.78 is 5.79. The molecular formula is C19H18O2. The Morgan fingerprint density at radius 1 is 1.14 bits per heavy atom. The molecule has 2 heteroatoms. The maximum atomic E-state index is 12.7. The van der Waals surface area contributed by atoms with Crippen molar-refractivity contribution < 1.29 is 9.53 Å². The number of carbonyl (C=O) groups excluding carboxylic acids is 1. The van der Waals surface area contributed by atoms with Crippen LogP contribution in [0.1, 0.15) is 19.8 Å². The zero-order chi connectivity index (χ0) is 14.4. The number of esters is 1. The summed E-state index contributed by atoms with van der Waals surface area (Å²) in [7, 11) is 0. The van der Waals surface area contributed by atoms with E-state index >= 15 is 0 Å². The number of hydrogen-bond acceptors (Lipinski definition) is 2. The first-order valence-corrected chi connectivity index (χ1v) is 7.55. The quantitative estimate of drug-likeness (QED) is 0.464. The molecular weight excluding hydrogens is 260 g/mol. The summed E-state index contributed by atoms with van der Waals surface area (Å²) in [5.74, 6) is 1.48. The molecule has 2 aromatic carbocycles. The highest BCUT2D eigenvalue weighted by molar-refractivity contribution is 5.91. The molecule has 0 N–H and O–H groups in total. The third-order valence-electron chi connectivity index (χ3n) is 5.10. The molecule has 2 aliphatic rings. The Labute approximate surface area is 124 Å². The molecule has 0 aliphatic heterocycles. The zero-order valence-electron chi connectivity index (χ0n) is 12.1. The van der Waals surface area contributed by atoms with E-state index in [9.17, 15) is 4.79 Å². The number of allylic oxidation sites excluding steroid dienone is 2. The molecule has 3 unspecified atom stereocenters. The summed E-state index contributed by atoms with van der Waals surface area (Å²) in [4.78, 5) is 12.7. The molecule has 2 aliphatic carbocycles. The van der Waals surface area contributed by atoms with Crippen LogP contribution >= 0.6 is 0 Å². The van der Waals surface area contributed by atoms with E-state index in [2.05, 4.69) is 19.1 Å². The summed E-state index contributed by atoms with van der Waals surface area (Å²) >= 11 is 0. The molecule has 2 bridgehead atoms. The van der Waals surface area contributed by atoms with E-state index in [4.69, 9.17) is 4.74 Å². The van der Waals surface area contributed by atoms with Gasteiger partial charge < -0.3 is 4.74 Å². The standard InChI is InChI=1S/C19H18O2/c1-19(12-13-9-10-15(19)11-13)18(20)21-17-8-4-6-14-5-2-3-7-16(14)17/h2-10,13,15H,11-12H2,1H3. The van der Waals surface area contributed by atoms with Crippen molar-refractivity contribution >= 4 is 16.7 Å². The molecule has 0 aromatic heterocycles. The van der Waals surface area contributed by atoms with Gasteiger partial charge in [0, 0.05) is 5.39 Å². The van der Waals surface area contributed by atoms with Crippen molar-refractivity contribution in [3.63, 3.8) is 0 Å². The maximum Gasteiger partial charge on any atom is 0.317 e. The highest BCUT2D eigenvalue weighted by Gasteiger charge is 2.51. The van der Waals surface area contributed by atoms with Gasteiger partial charge in [0.15, 0.2) is 0 Å². The predicted octanol–water partition coefficient (Wildman–Crippen LogP) is 4.35. The largest absolute Gasteiger partial charge is 0.425 e. The van der Waals surface area contributed by atoms with E-state index in [0.717, 1.165) is 23.6 Å². The molecule has 2 aromatic rings. The number of rotatable bonds is 2. The lowest BCUT2D eigenvalue weighted by atomic mass is 9.78. The number of hydrogen-bond donors (Lipinski definition) is 0. The van der Waals surface area contributed by atoms with Crippen LogP contribution in [0.2, 0.25) is 0 Å². The second-order valence-electron chi connectivity index (χ2n) is 6.48. The van der Waals surface area contributed by atoms with Gasteiger partial charge in [0.05, 0.1) is 5.41 Å². The number of fused-ring (bicyclic) bond motifs is 3. The van der Waals surface area contributed by atoms with Crippen molar-refractivity contribution in [3.05, 3.63) is 54.6 Å². The van der Waals surface area contributed by atoms with Crippen LogP contribution in [-0.4, -0.2) is 5.97 Å². The highest BCUT2D eigenvalue weighted by Crippen LogP contribution is 2.52. The van der Waals surface area contributed by atoms with Gasteiger partial charge in [0.1, 0.15) is 5.75 Å². The molecule has 0 amide bonds. The second-order valence-corrected chi connectivity index (χ2v) is 6.48. The molecule has 4 rings (SSSR count). The van der Waals surface area contributed by atoms with Gasteiger partial charge in [0.2, 0.25) is 0 Å². The summed E-state index contributed by atoms with van der Waals surface area (Å²) in [6.45, 7) is 2.05. The van der Waals surface area contributed by atoms with Crippen LogP contribution < -0.4 is 4.74 Å². The van der Waals surface area contributed by atoms with Crippen molar-refractivity contribution in [1.29, 1.82) is 0 Å². The van der Waals surface area contributed by atoms with Gasteiger partial charge in [-0.3, -0.25) is 4.79 Å². The van der Waals surface area contributed by atoms with Gasteiger partial charge in [-0.25, -0.2) is 0 Å². The Bertz CT molecular complexity index is 741. The fourth-order valence-electron chi connectivity index (χ4n) is 3.83. The van der Waals surface area contributed by atoms with Gasteiger partial charge in [-0.1, -0.05) is 48.6 Å². The van der Waals surface area contributed by atoms with Crippen molar-refractivity contribution in [2.24, 2.45) is 17.3 Å². The summed E-state index contributed by atoms with van der Waals surface area (Å²) in [6.07, 6.45) is 6.45. The number of ether oxygens (including phenoxy) is 1. The molecule has 1 fully saturated rings. The van der Waals surface area contributed by atoms with E-state index in [1.165, 1.54) is 0 Å². The number of carbonyl (C=O) groups is 1. The van der Waals surface area contributed by atoms with Gasteiger partial charge >= 0.3 is 5.97 Å². The summed E-state index contributed by atoms with van der Waals surface area (Å²) in [5, 5.41) is 2.09. The Hall–Kier alpha value is -2.09. The van der Waals surface area contributed by atoms with E-state index in [1.54, 1.807) is 0 Å². The minimum atomic E-state index is -0.365. The van der Waals surface area contributed by atoms with Crippen LogP contribution in [0.4, 0.5) is 0 Å². The first kappa shape index (κ1) is 12.6. The van der Waals surface area contributed by atoms with E-state index < -0.39 is 0 Å². The molecule has 0 radical (unpaired) electrons. The van der Waals surface area contributed by atoms with Crippen molar-refractivity contribution in [3.8, 4) is 5.75 Å². The molecule has 106 valence electrons. The molecule has 0 saturated heterocycles. The van der Waals surface area contributed by atoms with Crippen LogP contribution in [0.5, 0.6) is 5.75 Å². The van der Waals surface area contributed by atoms with Crippen LogP contribution in [0.25, 0.3) is 10.8 Å². The molecule has 0 heterocycles. The monoisotopic (exact) mass is 278 g/mol. The summed E-state index contributed by atoms with van der Waals surface area (Å²) in [6, 6.07) is 13.9. The van der Waals surface area contributed by atoms with Gasteiger partial charge in [-0.05, 0) is 43.1 Å². The molecule has 1 saturated carbocycles. The first-order chi connectivity index (χ1) is 10.2. The van der Waals surface area contributed by atoms with Crippen LogP contribution in [0, 0.1) is 17.3 Å². The van der Waals surface area contributed by atoms with Gasteiger partial charge in [0.25, 0.3) is 0 Å². The lowest BCUT2D eigenvalue weighted by molar-refractivity contribution is -0.146. The van der Waals surface area contributed by atoms with Crippen LogP contribution in [0.3, 0.4) is 0 Å². The zero-order valence-corrected chi connectivity index (χ0v) is 12.1. The Balaban J connectivity index is 1.66. The van der Waals surface area contributed by atoms with Gasteiger partial charge in [-0.2, -0.15) is 0 Å². The third kappa shape index (κ3) is 1.90. The molecule has 0 spiro atoms. The van der Waals surface area contributed by atoms with E-state index in [-0.39, 0.29) is 11.4 Å². The molecule has 3 atom stereocenters. The summed E-state index contributed by atoms with van der Waals surface area (Å²) in [5.41, 5.74) is -0.365.